The van der Waals surface area contributed by atoms with Crippen LogP contribution in [-0.2, 0) is 6.42 Å². The fraction of sp³-hybridized carbons (Fsp3) is 0.421. The summed E-state index contributed by atoms with van der Waals surface area (Å²) in [5.74, 6) is 0. The highest BCUT2D eigenvalue weighted by atomic mass is 14.9. The Labute approximate surface area is 128 Å². The number of rotatable bonds is 6. The Morgan fingerprint density at radius 3 is 2.29 bits per heavy atom. The van der Waals surface area contributed by atoms with Gasteiger partial charge in [0.05, 0.1) is 6.04 Å². The van der Waals surface area contributed by atoms with Crippen molar-refractivity contribution in [2.75, 3.05) is 6.54 Å². The summed E-state index contributed by atoms with van der Waals surface area (Å²) in [6, 6.07) is 13.5. The van der Waals surface area contributed by atoms with Gasteiger partial charge in [-0.3, -0.25) is 4.98 Å². The van der Waals surface area contributed by atoms with Gasteiger partial charge in [-0.15, -0.1) is 0 Å². The summed E-state index contributed by atoms with van der Waals surface area (Å²) in [5, 5.41) is 3.59. The third kappa shape index (κ3) is 3.92. The highest BCUT2D eigenvalue weighted by Crippen LogP contribution is 2.25. The maximum absolute atomic E-state index is 4.61. The molecule has 21 heavy (non-hydrogen) atoms. The van der Waals surface area contributed by atoms with Gasteiger partial charge in [0, 0.05) is 11.4 Å². The van der Waals surface area contributed by atoms with E-state index >= 15 is 0 Å². The van der Waals surface area contributed by atoms with Crippen molar-refractivity contribution >= 4 is 0 Å². The van der Waals surface area contributed by atoms with Crippen molar-refractivity contribution in [3.8, 4) is 0 Å². The lowest BCUT2D eigenvalue weighted by Gasteiger charge is -2.21. The fourth-order valence-electron chi connectivity index (χ4n) is 2.78. The topological polar surface area (TPSA) is 24.9 Å². The Balaban J connectivity index is 2.33. The van der Waals surface area contributed by atoms with Crippen molar-refractivity contribution in [3.05, 3.63) is 64.5 Å². The molecular formula is C19H26N2. The van der Waals surface area contributed by atoms with Crippen LogP contribution in [0.2, 0.25) is 0 Å². The molecule has 2 aromatic rings. The number of hydrogen-bond donors (Lipinski definition) is 1. The molecule has 0 bridgehead atoms. The Kier molecular flexibility index (Phi) is 5.51. The minimum absolute atomic E-state index is 0.221. The Morgan fingerprint density at radius 2 is 1.71 bits per heavy atom. The summed E-state index contributed by atoms with van der Waals surface area (Å²) >= 11 is 0. The van der Waals surface area contributed by atoms with Gasteiger partial charge in [0.1, 0.15) is 0 Å². The largest absolute Gasteiger partial charge is 0.306 e. The van der Waals surface area contributed by atoms with Crippen molar-refractivity contribution in [1.29, 1.82) is 0 Å². The maximum atomic E-state index is 4.61. The first-order chi connectivity index (χ1) is 10.2. The average Bonchev–Trinajstić information content (AvgIpc) is 2.47. The minimum Gasteiger partial charge on any atom is -0.306 e. The van der Waals surface area contributed by atoms with E-state index in [0.29, 0.717) is 0 Å². The molecule has 2 rings (SSSR count). The third-order valence-electron chi connectivity index (χ3n) is 3.84. The number of nitrogens with zero attached hydrogens (tertiary/aromatic N) is 1. The predicted octanol–water partition coefficient (Wildman–Crippen LogP) is 4.35. The number of aryl methyl sites for hydroxylation is 3. The monoisotopic (exact) mass is 282 g/mol. The first-order valence-corrected chi connectivity index (χ1v) is 7.92. The van der Waals surface area contributed by atoms with Crippen LogP contribution in [0.25, 0.3) is 0 Å². The quantitative estimate of drug-likeness (QED) is 0.852. The van der Waals surface area contributed by atoms with E-state index in [1.807, 2.05) is 6.92 Å². The van der Waals surface area contributed by atoms with Gasteiger partial charge in [-0.1, -0.05) is 50.6 Å². The first-order valence-electron chi connectivity index (χ1n) is 7.92. The fourth-order valence-corrected chi connectivity index (χ4v) is 2.78. The van der Waals surface area contributed by atoms with Gasteiger partial charge in [-0.2, -0.15) is 0 Å². The first kappa shape index (κ1) is 15.7. The number of pyridine rings is 1. The van der Waals surface area contributed by atoms with Crippen LogP contribution in [0, 0.1) is 13.8 Å². The molecule has 1 unspecified atom stereocenters. The zero-order valence-electron chi connectivity index (χ0n) is 13.6. The molecule has 2 nitrogen and oxygen atoms in total. The molecule has 0 aliphatic heterocycles. The normalized spacial score (nSPS) is 12.4. The zero-order chi connectivity index (χ0) is 15.2. The molecule has 1 aromatic carbocycles. The molecule has 1 N–H and O–H groups in total. The number of aromatic nitrogens is 1. The van der Waals surface area contributed by atoms with Crippen LogP contribution in [0.15, 0.2) is 36.4 Å². The SMILES string of the molecule is CCCc1ccc(C(NCC)c2ccc(C)nc2C)cc1. The molecule has 0 fully saturated rings. The molecule has 0 saturated heterocycles. The number of nitrogens with one attached hydrogen (secondary N) is 1. The Hall–Kier alpha value is -1.67. The summed E-state index contributed by atoms with van der Waals surface area (Å²) < 4.78 is 0. The van der Waals surface area contributed by atoms with E-state index in [2.05, 4.69) is 67.5 Å². The molecule has 0 aliphatic rings. The van der Waals surface area contributed by atoms with Gasteiger partial charge >= 0.3 is 0 Å². The second kappa shape index (κ2) is 7.37. The molecule has 0 spiro atoms. The van der Waals surface area contributed by atoms with Crippen molar-refractivity contribution in [2.45, 2.75) is 46.6 Å². The van der Waals surface area contributed by atoms with Crippen LogP contribution >= 0.6 is 0 Å². The summed E-state index contributed by atoms with van der Waals surface area (Å²) in [4.78, 5) is 4.61. The second-order valence-corrected chi connectivity index (χ2v) is 5.61. The molecule has 0 radical (unpaired) electrons. The molecule has 112 valence electrons. The van der Waals surface area contributed by atoms with Crippen molar-refractivity contribution in [1.82, 2.24) is 10.3 Å². The molecule has 0 amide bonds. The predicted molar refractivity (Wildman–Crippen MR) is 89.7 cm³/mol. The summed E-state index contributed by atoms with van der Waals surface area (Å²) in [6.07, 6.45) is 2.34. The molecule has 1 heterocycles. The van der Waals surface area contributed by atoms with Crippen LogP contribution in [-0.4, -0.2) is 11.5 Å². The standard InChI is InChI=1S/C19H26N2/c1-5-7-16-9-11-17(12-10-16)19(20-6-2)18-13-8-14(3)21-15(18)4/h8-13,19-20H,5-7H2,1-4H3. The second-order valence-electron chi connectivity index (χ2n) is 5.61. The number of benzene rings is 1. The molecule has 1 atom stereocenters. The van der Waals surface area contributed by atoms with Crippen molar-refractivity contribution in [2.24, 2.45) is 0 Å². The van der Waals surface area contributed by atoms with Crippen LogP contribution in [0.3, 0.4) is 0 Å². The van der Waals surface area contributed by atoms with Crippen LogP contribution in [0.4, 0.5) is 0 Å². The highest BCUT2D eigenvalue weighted by Gasteiger charge is 2.15. The molecular weight excluding hydrogens is 256 g/mol. The van der Waals surface area contributed by atoms with Gasteiger partial charge in [-0.25, -0.2) is 0 Å². The van der Waals surface area contributed by atoms with Crippen molar-refractivity contribution in [3.63, 3.8) is 0 Å². The van der Waals surface area contributed by atoms with E-state index in [9.17, 15) is 0 Å². The van der Waals surface area contributed by atoms with Gasteiger partial charge < -0.3 is 5.32 Å². The molecule has 1 aromatic heterocycles. The lowest BCUT2D eigenvalue weighted by Crippen LogP contribution is -2.23. The zero-order valence-corrected chi connectivity index (χ0v) is 13.6. The van der Waals surface area contributed by atoms with Gasteiger partial charge in [0.2, 0.25) is 0 Å². The lowest BCUT2D eigenvalue weighted by atomic mass is 9.95. The van der Waals surface area contributed by atoms with E-state index in [0.717, 1.165) is 24.4 Å². The van der Waals surface area contributed by atoms with E-state index in [4.69, 9.17) is 0 Å². The molecule has 0 saturated carbocycles. The number of hydrogen-bond acceptors (Lipinski definition) is 2. The van der Waals surface area contributed by atoms with E-state index in [1.54, 1.807) is 0 Å². The Morgan fingerprint density at radius 1 is 1.00 bits per heavy atom. The van der Waals surface area contributed by atoms with Crippen LogP contribution in [0.5, 0.6) is 0 Å². The molecule has 2 heteroatoms. The third-order valence-corrected chi connectivity index (χ3v) is 3.84. The summed E-state index contributed by atoms with van der Waals surface area (Å²) in [7, 11) is 0. The van der Waals surface area contributed by atoms with E-state index in [-0.39, 0.29) is 6.04 Å². The van der Waals surface area contributed by atoms with Crippen molar-refractivity contribution < 1.29 is 0 Å². The maximum Gasteiger partial charge on any atom is 0.0594 e. The minimum atomic E-state index is 0.221. The van der Waals surface area contributed by atoms with Gasteiger partial charge in [0.15, 0.2) is 0 Å². The molecule has 0 aliphatic carbocycles. The van der Waals surface area contributed by atoms with Crippen LogP contribution in [0.1, 0.15) is 54.4 Å². The summed E-state index contributed by atoms with van der Waals surface area (Å²) in [6.45, 7) is 9.44. The smallest absolute Gasteiger partial charge is 0.0594 e. The lowest BCUT2D eigenvalue weighted by molar-refractivity contribution is 0.624. The van der Waals surface area contributed by atoms with Crippen LogP contribution < -0.4 is 5.32 Å². The van der Waals surface area contributed by atoms with Gasteiger partial charge in [-0.05, 0) is 49.6 Å². The van der Waals surface area contributed by atoms with E-state index in [1.165, 1.54) is 23.1 Å². The highest BCUT2D eigenvalue weighted by molar-refractivity contribution is 5.36. The van der Waals surface area contributed by atoms with Gasteiger partial charge in [0.25, 0.3) is 0 Å². The van der Waals surface area contributed by atoms with E-state index < -0.39 is 0 Å². The Bertz CT molecular complexity index is 573. The summed E-state index contributed by atoms with van der Waals surface area (Å²) in [5.41, 5.74) is 6.18. The average molecular weight is 282 g/mol.